The average molecular weight is 407 g/mol. The predicted molar refractivity (Wildman–Crippen MR) is 95.1 cm³/mol. The Morgan fingerprint density at radius 3 is 2.50 bits per heavy atom. The zero-order valence-corrected chi connectivity index (χ0v) is 14.8. The highest BCUT2D eigenvalue weighted by atomic mass is 32.2. The number of hydrogen-bond donors (Lipinski definition) is 1. The summed E-state index contributed by atoms with van der Waals surface area (Å²) in [5.74, 6) is 0. The third kappa shape index (κ3) is 3.16. The Morgan fingerprint density at radius 2 is 1.79 bits per heavy atom. The number of nitrogens with zero attached hydrogens (tertiary/aromatic N) is 2. The Hall–Kier alpha value is -3.11. The van der Waals surface area contributed by atoms with Gasteiger partial charge in [-0.25, -0.2) is 18.2 Å². The van der Waals surface area contributed by atoms with Crippen molar-refractivity contribution in [2.45, 2.75) is 11.1 Å². The molecule has 2 N–H and O–H groups in total. The summed E-state index contributed by atoms with van der Waals surface area (Å²) >= 11 is 0. The largest absolute Gasteiger partial charge is 0.464 e. The molecule has 0 aliphatic heterocycles. The lowest BCUT2D eigenvalue weighted by atomic mass is 10.1. The van der Waals surface area contributed by atoms with Crippen LogP contribution in [0.25, 0.3) is 27.9 Å². The molecule has 0 aliphatic rings. The minimum atomic E-state index is -4.71. The Kier molecular flexibility index (Phi) is 4.05. The van der Waals surface area contributed by atoms with Crippen LogP contribution in [0.2, 0.25) is 0 Å². The monoisotopic (exact) mass is 407 g/mol. The molecule has 0 unspecified atom stereocenters. The first-order chi connectivity index (χ1) is 13.1. The molecule has 6 nitrogen and oxygen atoms in total. The number of primary sulfonamides is 1. The van der Waals surface area contributed by atoms with E-state index in [1.54, 1.807) is 24.3 Å². The topological polar surface area (TPSA) is 91.1 Å². The van der Waals surface area contributed by atoms with Crippen LogP contribution in [0.4, 0.5) is 13.2 Å². The fourth-order valence-corrected chi connectivity index (χ4v) is 3.62. The second-order valence-corrected chi connectivity index (χ2v) is 7.54. The average Bonchev–Trinajstić information content (AvgIpc) is 3.27. The van der Waals surface area contributed by atoms with Crippen LogP contribution >= 0.6 is 0 Å². The second kappa shape index (κ2) is 6.21. The molecule has 0 saturated carbocycles. The predicted octanol–water partition coefficient (Wildman–Crippen LogP) is 3.95. The summed E-state index contributed by atoms with van der Waals surface area (Å²) in [6, 6.07) is 12.8. The van der Waals surface area contributed by atoms with Crippen molar-refractivity contribution in [3.8, 4) is 16.9 Å². The summed E-state index contributed by atoms with van der Waals surface area (Å²) in [5, 5.41) is 9.53. The zero-order valence-electron chi connectivity index (χ0n) is 14.0. The van der Waals surface area contributed by atoms with E-state index in [9.17, 15) is 21.6 Å². The molecule has 10 heteroatoms. The van der Waals surface area contributed by atoms with Gasteiger partial charge in [0, 0.05) is 10.9 Å². The van der Waals surface area contributed by atoms with E-state index in [2.05, 4.69) is 5.10 Å². The molecular weight excluding hydrogens is 395 g/mol. The smallest absolute Gasteiger partial charge is 0.435 e. The minimum Gasteiger partial charge on any atom is -0.464 e. The van der Waals surface area contributed by atoms with Gasteiger partial charge in [0.15, 0.2) is 5.69 Å². The first kappa shape index (κ1) is 18.3. The molecule has 4 aromatic rings. The van der Waals surface area contributed by atoms with Gasteiger partial charge in [-0.3, -0.25) is 0 Å². The van der Waals surface area contributed by atoms with Crippen LogP contribution in [0, 0.1) is 0 Å². The van der Waals surface area contributed by atoms with E-state index >= 15 is 0 Å². The van der Waals surface area contributed by atoms with Crippen molar-refractivity contribution in [1.82, 2.24) is 9.78 Å². The molecular formula is C18H12F3N3O3S. The van der Waals surface area contributed by atoms with Gasteiger partial charge in [0.05, 0.1) is 17.6 Å². The number of alkyl halides is 3. The van der Waals surface area contributed by atoms with Gasteiger partial charge in [0.2, 0.25) is 10.0 Å². The molecule has 0 bridgehead atoms. The van der Waals surface area contributed by atoms with Crippen molar-refractivity contribution in [2.24, 2.45) is 5.14 Å². The molecule has 4 rings (SSSR count). The number of benzene rings is 2. The number of nitrogens with two attached hydrogens (primary N) is 1. The molecule has 144 valence electrons. The number of rotatable bonds is 3. The van der Waals surface area contributed by atoms with Crippen molar-refractivity contribution in [3.05, 3.63) is 66.6 Å². The Morgan fingerprint density at radius 1 is 1.04 bits per heavy atom. The highest BCUT2D eigenvalue weighted by Crippen LogP contribution is 2.35. The lowest BCUT2D eigenvalue weighted by Gasteiger charge is -2.11. The molecule has 2 heterocycles. The minimum absolute atomic E-state index is 0.0616. The lowest BCUT2D eigenvalue weighted by Crippen LogP contribution is -2.16. The molecule has 2 aromatic heterocycles. The number of halogens is 3. The van der Waals surface area contributed by atoms with Crippen LogP contribution in [-0.2, 0) is 16.2 Å². The van der Waals surface area contributed by atoms with Crippen molar-refractivity contribution in [3.63, 3.8) is 0 Å². The van der Waals surface area contributed by atoms with Crippen LogP contribution in [0.3, 0.4) is 0 Å². The standard InChI is InChI=1S/C18H12F3N3O3S/c19-18(20,21)17-10-14(11-5-6-15-12(9-11)7-8-27-15)24(23-17)13-3-1-2-4-16(13)28(22,25)26/h1-10H,(H2,22,25,26). The number of hydrogen-bond acceptors (Lipinski definition) is 4. The van der Waals surface area contributed by atoms with Gasteiger partial charge in [-0.05, 0) is 42.5 Å². The molecule has 0 aliphatic carbocycles. The van der Waals surface area contributed by atoms with Gasteiger partial charge in [-0.1, -0.05) is 12.1 Å². The summed E-state index contributed by atoms with van der Waals surface area (Å²) in [6.07, 6.45) is -3.25. The third-order valence-corrected chi connectivity index (χ3v) is 5.11. The first-order valence-corrected chi connectivity index (χ1v) is 9.46. The summed E-state index contributed by atoms with van der Waals surface area (Å²) in [4.78, 5) is -0.336. The summed E-state index contributed by atoms with van der Waals surface area (Å²) in [6.45, 7) is 0. The van der Waals surface area contributed by atoms with E-state index in [0.717, 1.165) is 10.7 Å². The van der Waals surface area contributed by atoms with Crippen LogP contribution in [-0.4, -0.2) is 18.2 Å². The van der Waals surface area contributed by atoms with E-state index in [1.807, 2.05) is 0 Å². The molecule has 0 amide bonds. The van der Waals surface area contributed by atoms with Gasteiger partial charge in [-0.15, -0.1) is 0 Å². The highest BCUT2D eigenvalue weighted by molar-refractivity contribution is 7.89. The maximum Gasteiger partial charge on any atom is 0.435 e. The summed E-state index contributed by atoms with van der Waals surface area (Å²) in [5.41, 5.74) is -0.203. The van der Waals surface area contributed by atoms with Crippen molar-refractivity contribution in [2.75, 3.05) is 0 Å². The van der Waals surface area contributed by atoms with E-state index in [0.29, 0.717) is 16.5 Å². The molecule has 0 fully saturated rings. The second-order valence-electron chi connectivity index (χ2n) is 6.01. The van der Waals surface area contributed by atoms with Crippen molar-refractivity contribution >= 4 is 21.0 Å². The fraction of sp³-hybridized carbons (Fsp3) is 0.0556. The maximum atomic E-state index is 13.3. The highest BCUT2D eigenvalue weighted by Gasteiger charge is 2.35. The van der Waals surface area contributed by atoms with Crippen LogP contribution in [0.1, 0.15) is 5.69 Å². The third-order valence-electron chi connectivity index (χ3n) is 4.15. The number of aromatic nitrogens is 2. The van der Waals surface area contributed by atoms with Crippen molar-refractivity contribution < 1.29 is 26.0 Å². The number of fused-ring (bicyclic) bond motifs is 1. The zero-order chi connectivity index (χ0) is 20.1. The molecule has 28 heavy (non-hydrogen) atoms. The number of furan rings is 1. The van der Waals surface area contributed by atoms with Gasteiger partial charge in [-0.2, -0.15) is 18.3 Å². The molecule has 0 saturated heterocycles. The van der Waals surface area contributed by atoms with E-state index < -0.39 is 21.9 Å². The molecule has 0 atom stereocenters. The molecule has 0 spiro atoms. The number of sulfonamides is 1. The molecule has 2 aromatic carbocycles. The SMILES string of the molecule is NS(=O)(=O)c1ccccc1-n1nc(C(F)(F)F)cc1-c1ccc2occc2c1. The lowest BCUT2D eigenvalue weighted by molar-refractivity contribution is -0.141. The van der Waals surface area contributed by atoms with E-state index in [1.165, 1.54) is 30.5 Å². The van der Waals surface area contributed by atoms with Crippen LogP contribution in [0.5, 0.6) is 0 Å². The molecule has 0 radical (unpaired) electrons. The normalized spacial score (nSPS) is 12.6. The van der Waals surface area contributed by atoms with Gasteiger partial charge in [0.1, 0.15) is 10.5 Å². The number of para-hydroxylation sites is 1. The Bertz CT molecular complexity index is 1290. The van der Waals surface area contributed by atoms with E-state index in [-0.39, 0.29) is 16.3 Å². The maximum absolute atomic E-state index is 13.3. The van der Waals surface area contributed by atoms with Gasteiger partial charge >= 0.3 is 6.18 Å². The summed E-state index contributed by atoms with van der Waals surface area (Å²) in [7, 11) is -4.19. The first-order valence-electron chi connectivity index (χ1n) is 7.92. The Labute approximate surface area is 157 Å². The van der Waals surface area contributed by atoms with Gasteiger partial charge < -0.3 is 4.42 Å². The van der Waals surface area contributed by atoms with Crippen molar-refractivity contribution in [1.29, 1.82) is 0 Å². The van der Waals surface area contributed by atoms with E-state index in [4.69, 9.17) is 9.56 Å². The summed E-state index contributed by atoms with van der Waals surface area (Å²) < 4.78 is 70.0. The van der Waals surface area contributed by atoms with Crippen LogP contribution < -0.4 is 5.14 Å². The fourth-order valence-electron chi connectivity index (χ4n) is 2.91. The quantitative estimate of drug-likeness (QED) is 0.557. The van der Waals surface area contributed by atoms with Crippen LogP contribution in [0.15, 0.2) is 70.2 Å². The Balaban J connectivity index is 2.01. The van der Waals surface area contributed by atoms with Gasteiger partial charge in [0.25, 0.3) is 0 Å².